The number of rotatable bonds is 6. The standard InChI is InChI=1S/C21H22N6O2/c1-14-18(20(29)24-16-9-5-11-22-13-16)19(15-7-3-2-4-8-15)27-21(23-14)25-17(26-27)10-6-12-28/h2-5,7-9,11,13,18-19,28H,6,10,12H2,1H3,(H,24,29). The van der Waals surface area contributed by atoms with E-state index in [1.807, 2.05) is 37.3 Å². The first-order valence-corrected chi connectivity index (χ1v) is 9.54. The highest BCUT2D eigenvalue weighted by atomic mass is 16.3. The maximum atomic E-state index is 13.2. The van der Waals surface area contributed by atoms with Gasteiger partial charge in [0, 0.05) is 24.9 Å². The van der Waals surface area contributed by atoms with E-state index in [9.17, 15) is 4.79 Å². The maximum absolute atomic E-state index is 13.2. The van der Waals surface area contributed by atoms with Crippen LogP contribution in [0, 0.1) is 5.92 Å². The third-order valence-electron chi connectivity index (χ3n) is 4.87. The van der Waals surface area contributed by atoms with E-state index in [1.165, 1.54) is 0 Å². The molecule has 1 amide bonds. The first-order valence-electron chi connectivity index (χ1n) is 9.54. The molecule has 2 unspecified atom stereocenters. The van der Waals surface area contributed by atoms with Crippen LogP contribution in [0.5, 0.6) is 0 Å². The van der Waals surface area contributed by atoms with Gasteiger partial charge in [0.2, 0.25) is 11.9 Å². The minimum Gasteiger partial charge on any atom is -0.396 e. The van der Waals surface area contributed by atoms with Crippen molar-refractivity contribution in [3.05, 3.63) is 66.2 Å². The van der Waals surface area contributed by atoms with Crippen LogP contribution in [-0.4, -0.2) is 43.1 Å². The van der Waals surface area contributed by atoms with Crippen LogP contribution in [0.1, 0.15) is 30.8 Å². The number of pyridine rings is 1. The number of hydrogen-bond donors (Lipinski definition) is 2. The fourth-order valence-electron chi connectivity index (χ4n) is 3.53. The second kappa shape index (κ2) is 8.32. The number of carbonyl (C=O) groups excluding carboxylic acids is 1. The number of aliphatic imine (C=N–C) groups is 1. The van der Waals surface area contributed by atoms with E-state index in [0.29, 0.717) is 36.0 Å². The van der Waals surface area contributed by atoms with E-state index in [-0.39, 0.29) is 18.6 Å². The van der Waals surface area contributed by atoms with Crippen LogP contribution in [0.15, 0.2) is 59.9 Å². The number of aliphatic hydroxyl groups is 1. The Kier molecular flexibility index (Phi) is 5.44. The minimum atomic E-state index is -0.544. The SMILES string of the molecule is CC1=Nc2nc(CCCO)nn2C(c2ccccc2)C1C(=O)Nc1cccnc1. The Morgan fingerprint density at radius 3 is 2.76 bits per heavy atom. The summed E-state index contributed by atoms with van der Waals surface area (Å²) < 4.78 is 1.72. The largest absolute Gasteiger partial charge is 0.396 e. The lowest BCUT2D eigenvalue weighted by Crippen LogP contribution is -2.39. The second-order valence-electron chi connectivity index (χ2n) is 6.92. The van der Waals surface area contributed by atoms with Gasteiger partial charge in [-0.05, 0) is 31.0 Å². The Morgan fingerprint density at radius 1 is 1.21 bits per heavy atom. The number of carbonyl (C=O) groups is 1. The molecule has 1 aromatic carbocycles. The van der Waals surface area contributed by atoms with Crippen LogP contribution >= 0.6 is 0 Å². The summed E-state index contributed by atoms with van der Waals surface area (Å²) in [6.07, 6.45) is 4.40. The van der Waals surface area contributed by atoms with Gasteiger partial charge in [-0.2, -0.15) is 10.1 Å². The highest BCUT2D eigenvalue weighted by molar-refractivity contribution is 6.10. The summed E-state index contributed by atoms with van der Waals surface area (Å²) in [5.74, 6) is 0.373. The number of benzene rings is 1. The zero-order chi connectivity index (χ0) is 20.2. The summed E-state index contributed by atoms with van der Waals surface area (Å²) in [5, 5.41) is 16.7. The topological polar surface area (TPSA) is 105 Å². The normalized spacial score (nSPS) is 18.1. The van der Waals surface area contributed by atoms with Crippen LogP contribution in [0.25, 0.3) is 0 Å². The molecule has 148 valence electrons. The van der Waals surface area contributed by atoms with Gasteiger partial charge >= 0.3 is 0 Å². The van der Waals surface area contributed by atoms with Crippen molar-refractivity contribution in [3.8, 4) is 0 Å². The lowest BCUT2D eigenvalue weighted by molar-refractivity contribution is -0.118. The van der Waals surface area contributed by atoms with Gasteiger partial charge in [-0.25, -0.2) is 9.67 Å². The number of nitrogens with one attached hydrogen (secondary N) is 1. The summed E-state index contributed by atoms with van der Waals surface area (Å²) in [4.78, 5) is 26.4. The van der Waals surface area contributed by atoms with Crippen LogP contribution in [0.2, 0.25) is 0 Å². The van der Waals surface area contributed by atoms with Crippen molar-refractivity contribution in [2.45, 2.75) is 25.8 Å². The van der Waals surface area contributed by atoms with Crippen LogP contribution in [0.3, 0.4) is 0 Å². The second-order valence-corrected chi connectivity index (χ2v) is 6.92. The highest BCUT2D eigenvalue weighted by Gasteiger charge is 2.39. The number of nitrogens with zero attached hydrogens (tertiary/aromatic N) is 5. The molecule has 3 aromatic rings. The van der Waals surface area contributed by atoms with Gasteiger partial charge in [-0.15, -0.1) is 0 Å². The monoisotopic (exact) mass is 390 g/mol. The Balaban J connectivity index is 1.73. The number of aromatic nitrogens is 4. The van der Waals surface area contributed by atoms with Gasteiger partial charge < -0.3 is 10.4 Å². The van der Waals surface area contributed by atoms with E-state index in [2.05, 4.69) is 25.4 Å². The molecule has 0 saturated heterocycles. The average molecular weight is 390 g/mol. The van der Waals surface area contributed by atoms with Crippen molar-refractivity contribution in [1.82, 2.24) is 19.7 Å². The molecule has 2 N–H and O–H groups in total. The maximum Gasteiger partial charge on any atom is 0.248 e. The summed E-state index contributed by atoms with van der Waals surface area (Å²) >= 11 is 0. The van der Waals surface area contributed by atoms with Crippen molar-refractivity contribution in [2.24, 2.45) is 10.9 Å². The molecule has 1 aliphatic rings. The molecule has 0 bridgehead atoms. The summed E-state index contributed by atoms with van der Waals surface area (Å²) in [6, 6.07) is 13.0. The lowest BCUT2D eigenvalue weighted by Gasteiger charge is -2.30. The number of anilines is 1. The van der Waals surface area contributed by atoms with Crippen LogP contribution < -0.4 is 5.32 Å². The first-order chi connectivity index (χ1) is 14.2. The van der Waals surface area contributed by atoms with Gasteiger partial charge in [0.05, 0.1) is 17.9 Å². The quantitative estimate of drug-likeness (QED) is 0.673. The van der Waals surface area contributed by atoms with Crippen LogP contribution in [0.4, 0.5) is 11.6 Å². The zero-order valence-electron chi connectivity index (χ0n) is 16.1. The Morgan fingerprint density at radius 2 is 2.03 bits per heavy atom. The fourth-order valence-corrected chi connectivity index (χ4v) is 3.53. The molecule has 1 aliphatic heterocycles. The number of fused-ring (bicyclic) bond motifs is 1. The van der Waals surface area contributed by atoms with E-state index < -0.39 is 5.92 Å². The molecule has 3 heterocycles. The van der Waals surface area contributed by atoms with E-state index >= 15 is 0 Å². The third-order valence-corrected chi connectivity index (χ3v) is 4.87. The molecule has 0 spiro atoms. The molecule has 0 fully saturated rings. The molecule has 29 heavy (non-hydrogen) atoms. The molecule has 0 saturated carbocycles. The Bertz CT molecular complexity index is 1020. The Hall–Kier alpha value is -3.39. The molecular formula is C21H22N6O2. The van der Waals surface area contributed by atoms with Gasteiger partial charge in [0.15, 0.2) is 5.82 Å². The van der Waals surface area contributed by atoms with Crippen LogP contribution in [-0.2, 0) is 11.2 Å². The number of aryl methyl sites for hydroxylation is 1. The molecule has 2 aromatic heterocycles. The smallest absolute Gasteiger partial charge is 0.248 e. The number of amides is 1. The highest BCUT2D eigenvalue weighted by Crippen LogP contribution is 2.36. The number of hydrogen-bond acceptors (Lipinski definition) is 6. The van der Waals surface area contributed by atoms with Gasteiger partial charge in [-0.3, -0.25) is 9.78 Å². The van der Waals surface area contributed by atoms with Gasteiger partial charge in [-0.1, -0.05) is 30.3 Å². The predicted molar refractivity (Wildman–Crippen MR) is 109 cm³/mol. The van der Waals surface area contributed by atoms with Gasteiger partial charge in [0.25, 0.3) is 0 Å². The zero-order valence-corrected chi connectivity index (χ0v) is 16.1. The molecule has 0 aliphatic carbocycles. The molecule has 8 heteroatoms. The van der Waals surface area contributed by atoms with Crippen molar-refractivity contribution in [3.63, 3.8) is 0 Å². The summed E-state index contributed by atoms with van der Waals surface area (Å²) in [5.41, 5.74) is 2.26. The van der Waals surface area contributed by atoms with E-state index in [4.69, 9.17) is 5.11 Å². The third kappa shape index (κ3) is 3.93. The molecule has 2 atom stereocenters. The Labute approximate surface area is 168 Å². The van der Waals surface area contributed by atoms with E-state index in [1.54, 1.807) is 29.2 Å². The molecule has 8 nitrogen and oxygen atoms in total. The summed E-state index contributed by atoms with van der Waals surface area (Å²) in [6.45, 7) is 1.92. The molecule has 4 rings (SSSR count). The summed E-state index contributed by atoms with van der Waals surface area (Å²) in [7, 11) is 0. The fraction of sp³-hybridized carbons (Fsp3) is 0.286. The van der Waals surface area contributed by atoms with Crippen molar-refractivity contribution in [2.75, 3.05) is 11.9 Å². The van der Waals surface area contributed by atoms with Gasteiger partial charge in [0.1, 0.15) is 5.92 Å². The molecular weight excluding hydrogens is 368 g/mol. The van der Waals surface area contributed by atoms with Crippen molar-refractivity contribution in [1.29, 1.82) is 0 Å². The van der Waals surface area contributed by atoms with Crippen molar-refractivity contribution >= 4 is 23.3 Å². The van der Waals surface area contributed by atoms with E-state index in [0.717, 1.165) is 5.56 Å². The molecule has 0 radical (unpaired) electrons. The lowest BCUT2D eigenvalue weighted by atomic mass is 9.87. The van der Waals surface area contributed by atoms with Crippen molar-refractivity contribution < 1.29 is 9.90 Å². The predicted octanol–water partition coefficient (Wildman–Crippen LogP) is 2.55. The first kappa shape index (κ1) is 18.9. The number of aliphatic hydroxyl groups excluding tert-OH is 1. The average Bonchev–Trinajstić information content (AvgIpc) is 3.14. The minimum absolute atomic E-state index is 0.0738.